The van der Waals surface area contributed by atoms with Crippen molar-refractivity contribution in [2.45, 2.75) is 71.5 Å². The highest BCUT2D eigenvalue weighted by Gasteiger charge is 2.34. The van der Waals surface area contributed by atoms with Crippen LogP contribution >= 0.6 is 0 Å². The molecule has 1 heterocycles. The van der Waals surface area contributed by atoms with Crippen LogP contribution < -0.4 is 5.32 Å². The molecule has 1 fully saturated rings. The van der Waals surface area contributed by atoms with Crippen LogP contribution in [0, 0.1) is 5.92 Å². The van der Waals surface area contributed by atoms with E-state index in [1.165, 1.54) is 0 Å². The summed E-state index contributed by atoms with van der Waals surface area (Å²) in [7, 11) is 0. The van der Waals surface area contributed by atoms with Gasteiger partial charge in [0.2, 0.25) is 0 Å². The van der Waals surface area contributed by atoms with E-state index in [-0.39, 0.29) is 24.0 Å². The van der Waals surface area contributed by atoms with E-state index in [0.717, 1.165) is 19.3 Å². The maximum Gasteiger partial charge on any atom is 0.326 e. The monoisotopic (exact) mass is 270 g/mol. The molecule has 0 aliphatic carbocycles. The Bertz CT molecular complexity index is 331. The standard InChI is InChI=1S/C14H26N2O3/c1-5-11-7-6-10(4)16(11)14(19)15-12(13(17)18)8-9(2)3/h9-12H,5-8H2,1-4H3,(H,15,19)(H,17,18)/t10?,11?,12-/m0/s1. The van der Waals surface area contributed by atoms with Crippen LogP contribution in [0.2, 0.25) is 0 Å². The predicted molar refractivity (Wildman–Crippen MR) is 74.0 cm³/mol. The lowest BCUT2D eigenvalue weighted by Gasteiger charge is -2.30. The zero-order valence-corrected chi connectivity index (χ0v) is 12.3. The third-order valence-electron chi connectivity index (χ3n) is 3.79. The molecule has 2 N–H and O–H groups in total. The van der Waals surface area contributed by atoms with Crippen molar-refractivity contribution in [2.75, 3.05) is 0 Å². The Balaban J connectivity index is 2.68. The molecule has 1 saturated heterocycles. The number of carboxylic acids is 1. The summed E-state index contributed by atoms with van der Waals surface area (Å²) in [6.07, 6.45) is 3.38. The molecule has 5 heteroatoms. The van der Waals surface area contributed by atoms with Gasteiger partial charge >= 0.3 is 12.0 Å². The van der Waals surface area contributed by atoms with Crippen molar-refractivity contribution in [1.29, 1.82) is 0 Å². The molecule has 110 valence electrons. The Hall–Kier alpha value is -1.26. The average molecular weight is 270 g/mol. The minimum Gasteiger partial charge on any atom is -0.480 e. The number of rotatable bonds is 5. The maximum atomic E-state index is 12.3. The van der Waals surface area contributed by atoms with Gasteiger partial charge in [0, 0.05) is 12.1 Å². The van der Waals surface area contributed by atoms with E-state index in [1.807, 2.05) is 25.7 Å². The van der Waals surface area contributed by atoms with Gasteiger partial charge in [-0.05, 0) is 38.5 Å². The molecule has 2 amide bonds. The van der Waals surface area contributed by atoms with Crippen molar-refractivity contribution in [3.8, 4) is 0 Å². The molecule has 1 aliphatic rings. The van der Waals surface area contributed by atoms with Crippen molar-refractivity contribution in [2.24, 2.45) is 5.92 Å². The summed E-state index contributed by atoms with van der Waals surface area (Å²) in [6, 6.07) is -0.593. The first-order valence-corrected chi connectivity index (χ1v) is 7.18. The fraction of sp³-hybridized carbons (Fsp3) is 0.857. The summed E-state index contributed by atoms with van der Waals surface area (Å²) in [6.45, 7) is 7.99. The number of amides is 2. The van der Waals surface area contributed by atoms with E-state index in [2.05, 4.69) is 12.2 Å². The van der Waals surface area contributed by atoms with Crippen LogP contribution in [0.15, 0.2) is 0 Å². The first-order chi connectivity index (χ1) is 8.86. The second-order valence-electron chi connectivity index (χ2n) is 5.87. The molecule has 0 aromatic carbocycles. The van der Waals surface area contributed by atoms with E-state index < -0.39 is 12.0 Å². The molecule has 0 radical (unpaired) electrons. The minimum atomic E-state index is -0.957. The van der Waals surface area contributed by atoms with Crippen LogP contribution in [0.1, 0.15) is 53.4 Å². The fourth-order valence-electron chi connectivity index (χ4n) is 2.75. The van der Waals surface area contributed by atoms with Crippen molar-refractivity contribution in [1.82, 2.24) is 10.2 Å². The lowest BCUT2D eigenvalue weighted by Crippen LogP contribution is -2.51. The van der Waals surface area contributed by atoms with Gasteiger partial charge in [-0.25, -0.2) is 9.59 Å². The SMILES string of the molecule is CCC1CCC(C)N1C(=O)N[C@@H](CC(C)C)C(=O)O. The Morgan fingerprint density at radius 1 is 1.37 bits per heavy atom. The van der Waals surface area contributed by atoms with Gasteiger partial charge in [-0.2, -0.15) is 0 Å². The van der Waals surface area contributed by atoms with E-state index in [9.17, 15) is 9.59 Å². The molecule has 1 aliphatic heterocycles. The van der Waals surface area contributed by atoms with Crippen LogP contribution in [-0.4, -0.2) is 40.1 Å². The quantitative estimate of drug-likeness (QED) is 0.806. The zero-order valence-electron chi connectivity index (χ0n) is 12.3. The number of carboxylic acid groups (broad SMARTS) is 1. The molecule has 0 aromatic heterocycles. The van der Waals surface area contributed by atoms with Crippen molar-refractivity contribution in [3.05, 3.63) is 0 Å². The highest BCUT2D eigenvalue weighted by atomic mass is 16.4. The second-order valence-corrected chi connectivity index (χ2v) is 5.87. The number of hydrogen-bond donors (Lipinski definition) is 2. The normalized spacial score (nSPS) is 24.6. The summed E-state index contributed by atoms with van der Waals surface area (Å²) in [5, 5.41) is 11.8. The van der Waals surface area contributed by atoms with Crippen molar-refractivity contribution < 1.29 is 14.7 Å². The van der Waals surface area contributed by atoms with Gasteiger partial charge in [0.15, 0.2) is 0 Å². The molecule has 0 spiro atoms. The predicted octanol–water partition coefficient (Wildman–Crippen LogP) is 2.46. The van der Waals surface area contributed by atoms with Crippen LogP contribution in [0.3, 0.4) is 0 Å². The molecule has 2 unspecified atom stereocenters. The molecule has 0 aromatic rings. The maximum absolute atomic E-state index is 12.3. The molecule has 0 saturated carbocycles. The Morgan fingerprint density at radius 3 is 2.47 bits per heavy atom. The molecule has 19 heavy (non-hydrogen) atoms. The van der Waals surface area contributed by atoms with Gasteiger partial charge in [0.1, 0.15) is 6.04 Å². The number of nitrogens with zero attached hydrogens (tertiary/aromatic N) is 1. The van der Waals surface area contributed by atoms with Crippen LogP contribution in [0.4, 0.5) is 4.79 Å². The minimum absolute atomic E-state index is 0.193. The van der Waals surface area contributed by atoms with E-state index in [0.29, 0.717) is 6.42 Å². The van der Waals surface area contributed by atoms with Crippen LogP contribution in [0.5, 0.6) is 0 Å². The largest absolute Gasteiger partial charge is 0.480 e. The third kappa shape index (κ3) is 4.11. The summed E-state index contributed by atoms with van der Waals surface area (Å²) >= 11 is 0. The van der Waals surface area contributed by atoms with Gasteiger partial charge in [0.05, 0.1) is 0 Å². The first-order valence-electron chi connectivity index (χ1n) is 7.18. The number of carbonyl (C=O) groups excluding carboxylic acids is 1. The fourth-order valence-corrected chi connectivity index (χ4v) is 2.75. The number of likely N-dealkylation sites (tertiary alicyclic amines) is 1. The number of hydrogen-bond acceptors (Lipinski definition) is 2. The molecule has 0 bridgehead atoms. The van der Waals surface area contributed by atoms with Crippen LogP contribution in [-0.2, 0) is 4.79 Å². The molecule has 1 rings (SSSR count). The van der Waals surface area contributed by atoms with Gasteiger partial charge in [-0.15, -0.1) is 0 Å². The Labute approximate surface area is 115 Å². The number of aliphatic carboxylic acids is 1. The van der Waals surface area contributed by atoms with E-state index >= 15 is 0 Å². The van der Waals surface area contributed by atoms with Gasteiger partial charge in [-0.3, -0.25) is 0 Å². The summed E-state index contributed by atoms with van der Waals surface area (Å²) in [5.74, 6) is -0.721. The van der Waals surface area contributed by atoms with Crippen molar-refractivity contribution >= 4 is 12.0 Å². The molecule has 5 nitrogen and oxygen atoms in total. The molecule has 3 atom stereocenters. The third-order valence-corrected chi connectivity index (χ3v) is 3.79. The topological polar surface area (TPSA) is 69.6 Å². The zero-order chi connectivity index (χ0) is 14.6. The molecular formula is C14H26N2O3. The lowest BCUT2D eigenvalue weighted by atomic mass is 10.0. The van der Waals surface area contributed by atoms with Gasteiger partial charge < -0.3 is 15.3 Å². The Morgan fingerprint density at radius 2 is 2.00 bits per heavy atom. The van der Waals surface area contributed by atoms with E-state index in [1.54, 1.807) is 0 Å². The Kier molecular flexibility index (Phi) is 5.63. The van der Waals surface area contributed by atoms with Crippen molar-refractivity contribution in [3.63, 3.8) is 0 Å². The van der Waals surface area contributed by atoms with Crippen LogP contribution in [0.25, 0.3) is 0 Å². The average Bonchev–Trinajstić information content (AvgIpc) is 2.68. The lowest BCUT2D eigenvalue weighted by molar-refractivity contribution is -0.139. The molecular weight excluding hydrogens is 244 g/mol. The smallest absolute Gasteiger partial charge is 0.326 e. The number of urea groups is 1. The number of nitrogens with one attached hydrogen (secondary N) is 1. The summed E-state index contributed by atoms with van der Waals surface area (Å²) < 4.78 is 0. The number of carbonyl (C=O) groups is 2. The summed E-state index contributed by atoms with van der Waals surface area (Å²) in [4.78, 5) is 25.3. The highest BCUT2D eigenvalue weighted by molar-refractivity contribution is 5.83. The van der Waals surface area contributed by atoms with E-state index in [4.69, 9.17) is 5.11 Å². The van der Waals surface area contributed by atoms with Gasteiger partial charge in [0.25, 0.3) is 0 Å². The first kappa shape index (κ1) is 15.8. The van der Waals surface area contributed by atoms with Gasteiger partial charge in [-0.1, -0.05) is 20.8 Å². The highest BCUT2D eigenvalue weighted by Crippen LogP contribution is 2.26. The second kappa shape index (κ2) is 6.78. The summed E-state index contributed by atoms with van der Waals surface area (Å²) in [5.41, 5.74) is 0.